The molecule has 2 aromatic rings. The van der Waals surface area contributed by atoms with E-state index in [0.717, 1.165) is 12.0 Å². The molecule has 1 aromatic heterocycles. The number of aromatic nitrogens is 2. The summed E-state index contributed by atoms with van der Waals surface area (Å²) in [5, 5.41) is 0. The monoisotopic (exact) mass is 358 g/mol. The van der Waals surface area contributed by atoms with Crippen molar-refractivity contribution in [3.8, 4) is 17.1 Å². The van der Waals surface area contributed by atoms with Crippen LogP contribution < -0.4 is 4.74 Å². The second kappa shape index (κ2) is 11.6. The molecule has 0 fully saturated rings. The van der Waals surface area contributed by atoms with Crippen molar-refractivity contribution in [2.45, 2.75) is 71.4 Å². The average Bonchev–Trinajstić information content (AvgIpc) is 2.69. The first-order chi connectivity index (χ1) is 12.7. The molecule has 0 aliphatic rings. The Morgan fingerprint density at radius 1 is 0.923 bits per heavy atom. The van der Waals surface area contributed by atoms with Crippen LogP contribution in [0.1, 0.15) is 64.4 Å². The van der Waals surface area contributed by atoms with E-state index in [1.807, 2.05) is 43.6 Å². The number of alkyl halides is 1. The summed E-state index contributed by atoms with van der Waals surface area (Å²) in [5.74, 6) is 1.38. The van der Waals surface area contributed by atoms with Gasteiger partial charge < -0.3 is 4.74 Å². The molecule has 0 aliphatic carbocycles. The van der Waals surface area contributed by atoms with Gasteiger partial charge in [-0.3, -0.25) is 0 Å². The lowest BCUT2D eigenvalue weighted by Gasteiger charge is -2.09. The van der Waals surface area contributed by atoms with Crippen molar-refractivity contribution in [3.05, 3.63) is 42.2 Å². The molecule has 1 heterocycles. The summed E-state index contributed by atoms with van der Waals surface area (Å²) in [6.07, 6.45) is 12.2. The van der Waals surface area contributed by atoms with Crippen molar-refractivity contribution in [2.24, 2.45) is 0 Å². The number of halogens is 1. The Morgan fingerprint density at radius 3 is 2.23 bits per heavy atom. The van der Waals surface area contributed by atoms with E-state index in [1.165, 1.54) is 44.1 Å². The molecule has 4 heteroatoms. The van der Waals surface area contributed by atoms with E-state index in [9.17, 15) is 4.39 Å². The molecule has 1 unspecified atom stereocenters. The smallest absolute Gasteiger partial charge is 0.159 e. The predicted molar refractivity (Wildman–Crippen MR) is 105 cm³/mol. The maximum absolute atomic E-state index is 13.2. The van der Waals surface area contributed by atoms with Crippen LogP contribution in [0.5, 0.6) is 5.75 Å². The first-order valence-electron chi connectivity index (χ1n) is 9.91. The van der Waals surface area contributed by atoms with Gasteiger partial charge in [-0.05, 0) is 49.1 Å². The molecule has 0 radical (unpaired) electrons. The number of aryl methyl sites for hydroxylation is 1. The molecule has 0 saturated carbocycles. The minimum Gasteiger partial charge on any atom is -0.491 e. The molecule has 2 rings (SSSR count). The van der Waals surface area contributed by atoms with Crippen LogP contribution in [-0.4, -0.2) is 22.7 Å². The molecular weight excluding hydrogens is 327 g/mol. The minimum absolute atomic E-state index is 0.0967. The van der Waals surface area contributed by atoms with E-state index in [1.54, 1.807) is 0 Å². The van der Waals surface area contributed by atoms with Crippen LogP contribution >= 0.6 is 0 Å². The summed E-state index contributed by atoms with van der Waals surface area (Å²) in [5.41, 5.74) is 2.13. The SMILES string of the molecule is CCCCCCCCc1cnc(-c2ccc(OCC(F)CC)cc2)nc1. The number of unbranched alkanes of at least 4 members (excludes halogenated alkanes) is 5. The van der Waals surface area contributed by atoms with Gasteiger partial charge in [0.25, 0.3) is 0 Å². The lowest BCUT2D eigenvalue weighted by Crippen LogP contribution is -2.11. The third kappa shape index (κ3) is 7.11. The van der Waals surface area contributed by atoms with E-state index in [-0.39, 0.29) is 6.61 Å². The molecule has 0 bridgehead atoms. The predicted octanol–water partition coefficient (Wildman–Crippen LogP) is 6.17. The molecule has 3 nitrogen and oxygen atoms in total. The van der Waals surface area contributed by atoms with E-state index >= 15 is 0 Å². The summed E-state index contributed by atoms with van der Waals surface area (Å²) >= 11 is 0. The Kier molecular flexibility index (Phi) is 9.08. The van der Waals surface area contributed by atoms with Gasteiger partial charge in [-0.2, -0.15) is 0 Å². The van der Waals surface area contributed by atoms with Crippen LogP contribution in [0.3, 0.4) is 0 Å². The van der Waals surface area contributed by atoms with Crippen LogP contribution in [0.2, 0.25) is 0 Å². The topological polar surface area (TPSA) is 35.0 Å². The summed E-state index contributed by atoms with van der Waals surface area (Å²) in [7, 11) is 0. The van der Waals surface area contributed by atoms with Crippen LogP contribution in [0.4, 0.5) is 4.39 Å². The van der Waals surface area contributed by atoms with E-state index in [0.29, 0.717) is 18.0 Å². The highest BCUT2D eigenvalue weighted by Crippen LogP contribution is 2.20. The Hall–Kier alpha value is -1.97. The number of nitrogens with zero attached hydrogens (tertiary/aromatic N) is 2. The molecule has 142 valence electrons. The van der Waals surface area contributed by atoms with Gasteiger partial charge in [-0.15, -0.1) is 0 Å². The second-order valence-electron chi connectivity index (χ2n) is 6.77. The molecule has 0 spiro atoms. The number of benzene rings is 1. The van der Waals surface area contributed by atoms with Crippen molar-refractivity contribution in [1.82, 2.24) is 9.97 Å². The van der Waals surface area contributed by atoms with E-state index in [4.69, 9.17) is 4.74 Å². The van der Waals surface area contributed by atoms with Crippen LogP contribution in [0.15, 0.2) is 36.7 Å². The van der Waals surface area contributed by atoms with Gasteiger partial charge in [0.05, 0.1) is 0 Å². The number of ether oxygens (including phenoxy) is 1. The van der Waals surface area contributed by atoms with Crippen molar-refractivity contribution in [3.63, 3.8) is 0 Å². The molecule has 0 N–H and O–H groups in total. The van der Waals surface area contributed by atoms with Gasteiger partial charge in [0, 0.05) is 18.0 Å². The highest BCUT2D eigenvalue weighted by Gasteiger charge is 2.06. The van der Waals surface area contributed by atoms with Crippen LogP contribution in [0, 0.1) is 0 Å². The van der Waals surface area contributed by atoms with Gasteiger partial charge in [0.2, 0.25) is 0 Å². The van der Waals surface area contributed by atoms with Crippen LogP contribution in [-0.2, 0) is 6.42 Å². The normalized spacial score (nSPS) is 12.1. The minimum atomic E-state index is -0.919. The maximum Gasteiger partial charge on any atom is 0.159 e. The number of hydrogen-bond acceptors (Lipinski definition) is 3. The molecule has 1 aromatic carbocycles. The average molecular weight is 359 g/mol. The van der Waals surface area contributed by atoms with Gasteiger partial charge in [-0.25, -0.2) is 14.4 Å². The third-order valence-corrected chi connectivity index (χ3v) is 4.51. The molecule has 0 saturated heterocycles. The molecule has 0 aliphatic heterocycles. The standard InChI is InChI=1S/C22H31FN2O/c1-3-5-6-7-8-9-10-18-15-24-22(25-16-18)19-11-13-21(14-12-19)26-17-20(23)4-2/h11-16,20H,3-10,17H2,1-2H3. The fraction of sp³-hybridized carbons (Fsp3) is 0.545. The van der Waals surface area contributed by atoms with Gasteiger partial charge in [0.15, 0.2) is 5.82 Å². The van der Waals surface area contributed by atoms with E-state index < -0.39 is 6.17 Å². The largest absolute Gasteiger partial charge is 0.491 e. The van der Waals surface area contributed by atoms with Crippen molar-refractivity contribution < 1.29 is 9.13 Å². The van der Waals surface area contributed by atoms with Crippen molar-refractivity contribution in [1.29, 1.82) is 0 Å². The molecule has 0 amide bonds. The zero-order chi connectivity index (χ0) is 18.6. The summed E-state index contributed by atoms with van der Waals surface area (Å²) in [6, 6.07) is 7.51. The Balaban J connectivity index is 1.80. The van der Waals surface area contributed by atoms with Crippen molar-refractivity contribution in [2.75, 3.05) is 6.61 Å². The van der Waals surface area contributed by atoms with E-state index in [2.05, 4.69) is 16.9 Å². The summed E-state index contributed by atoms with van der Waals surface area (Å²) < 4.78 is 18.7. The molecule has 1 atom stereocenters. The van der Waals surface area contributed by atoms with Gasteiger partial charge in [-0.1, -0.05) is 46.0 Å². The third-order valence-electron chi connectivity index (χ3n) is 4.51. The molecular formula is C22H31FN2O. The Labute approximate surface area is 157 Å². The first kappa shape index (κ1) is 20.3. The number of rotatable bonds is 12. The highest BCUT2D eigenvalue weighted by molar-refractivity contribution is 5.55. The molecule has 26 heavy (non-hydrogen) atoms. The Bertz CT molecular complexity index is 613. The summed E-state index contributed by atoms with van der Waals surface area (Å²) in [6.45, 7) is 4.15. The lowest BCUT2D eigenvalue weighted by atomic mass is 10.1. The zero-order valence-corrected chi connectivity index (χ0v) is 16.1. The quantitative estimate of drug-likeness (QED) is 0.425. The van der Waals surface area contributed by atoms with Crippen molar-refractivity contribution >= 4 is 0 Å². The fourth-order valence-corrected chi connectivity index (χ4v) is 2.75. The summed E-state index contributed by atoms with van der Waals surface area (Å²) in [4.78, 5) is 8.96. The van der Waals surface area contributed by atoms with Crippen LogP contribution in [0.25, 0.3) is 11.4 Å². The lowest BCUT2D eigenvalue weighted by molar-refractivity contribution is 0.192. The van der Waals surface area contributed by atoms with Gasteiger partial charge in [0.1, 0.15) is 18.5 Å². The Morgan fingerprint density at radius 2 is 1.58 bits per heavy atom. The highest BCUT2D eigenvalue weighted by atomic mass is 19.1. The first-order valence-corrected chi connectivity index (χ1v) is 9.91. The number of hydrogen-bond donors (Lipinski definition) is 0. The maximum atomic E-state index is 13.2. The van der Waals surface area contributed by atoms with Gasteiger partial charge >= 0.3 is 0 Å². The second-order valence-corrected chi connectivity index (χ2v) is 6.77. The fourth-order valence-electron chi connectivity index (χ4n) is 2.75. The zero-order valence-electron chi connectivity index (χ0n) is 16.1.